The molecule has 1 aliphatic rings. The van der Waals surface area contributed by atoms with Gasteiger partial charge in [-0.2, -0.15) is 13.2 Å². The second-order valence-corrected chi connectivity index (χ2v) is 8.11. The maximum atomic E-state index is 13.0. The summed E-state index contributed by atoms with van der Waals surface area (Å²) in [6.07, 6.45) is -3.94. The maximum absolute atomic E-state index is 13.0. The largest absolute Gasteiger partial charge is 0.416 e. The Morgan fingerprint density at radius 3 is 2.68 bits per heavy atom. The van der Waals surface area contributed by atoms with Crippen molar-refractivity contribution in [2.24, 2.45) is 0 Å². The zero-order chi connectivity index (χ0) is 24.6. The number of likely N-dealkylation sites (tertiary alicyclic amines) is 1. The Labute approximate surface area is 192 Å². The summed E-state index contributed by atoms with van der Waals surface area (Å²) in [7, 11) is 0. The number of halogens is 3. The number of hydrogen-bond donors (Lipinski definition) is 3. The number of carbonyl (C=O) groups is 1. The minimum atomic E-state index is -4.50. The fourth-order valence-electron chi connectivity index (χ4n) is 3.70. The number of pyridine rings is 2. The molecule has 3 aromatic rings. The van der Waals surface area contributed by atoms with Gasteiger partial charge in [-0.1, -0.05) is 5.21 Å². The number of aryl methyl sites for hydroxylation is 1. The Morgan fingerprint density at radius 2 is 1.97 bits per heavy atom. The van der Waals surface area contributed by atoms with E-state index < -0.39 is 35.9 Å². The van der Waals surface area contributed by atoms with E-state index in [2.05, 4.69) is 25.6 Å². The summed E-state index contributed by atoms with van der Waals surface area (Å²) < 4.78 is 40.4. The first kappa shape index (κ1) is 23.6. The van der Waals surface area contributed by atoms with Gasteiger partial charge in [0, 0.05) is 19.3 Å². The summed E-state index contributed by atoms with van der Waals surface area (Å²) in [6.45, 7) is 3.37. The summed E-state index contributed by atoms with van der Waals surface area (Å²) in [5.41, 5.74) is 0.712. The molecule has 1 saturated heterocycles. The number of β-amino-alcohol motifs (C(OH)–C–C–N with tert-alkyl or cyclic N) is 1. The van der Waals surface area contributed by atoms with Gasteiger partial charge in [-0.3, -0.25) is 4.79 Å². The Bertz CT molecular complexity index is 1200. The third kappa shape index (κ3) is 4.99. The fourth-order valence-corrected chi connectivity index (χ4v) is 3.70. The van der Waals surface area contributed by atoms with Crippen LogP contribution >= 0.6 is 0 Å². The van der Waals surface area contributed by atoms with Crippen LogP contribution in [0.15, 0.2) is 36.7 Å². The van der Waals surface area contributed by atoms with Gasteiger partial charge in [0.15, 0.2) is 0 Å². The van der Waals surface area contributed by atoms with Crippen LogP contribution in [0.1, 0.15) is 24.1 Å². The lowest BCUT2D eigenvalue weighted by atomic mass is 10.2. The van der Waals surface area contributed by atoms with E-state index in [1.807, 2.05) is 0 Å². The average molecular weight is 477 g/mol. The van der Waals surface area contributed by atoms with Gasteiger partial charge in [0.05, 0.1) is 29.6 Å². The molecule has 4 heterocycles. The molecule has 180 valence electrons. The monoisotopic (exact) mass is 477 g/mol. The highest BCUT2D eigenvalue weighted by Crippen LogP contribution is 2.31. The molecule has 1 fully saturated rings. The van der Waals surface area contributed by atoms with E-state index in [0.29, 0.717) is 11.4 Å². The van der Waals surface area contributed by atoms with Gasteiger partial charge in [0.25, 0.3) is 5.91 Å². The van der Waals surface area contributed by atoms with Crippen molar-refractivity contribution in [3.63, 3.8) is 0 Å². The highest BCUT2D eigenvalue weighted by atomic mass is 19.4. The van der Waals surface area contributed by atoms with E-state index in [4.69, 9.17) is 0 Å². The van der Waals surface area contributed by atoms with Gasteiger partial charge < -0.3 is 20.4 Å². The van der Waals surface area contributed by atoms with Gasteiger partial charge in [0.1, 0.15) is 23.4 Å². The number of amides is 1. The molecule has 1 aliphatic heterocycles. The third-order valence-electron chi connectivity index (χ3n) is 5.35. The van der Waals surface area contributed by atoms with Crippen LogP contribution in [0.5, 0.6) is 0 Å². The van der Waals surface area contributed by atoms with Crippen LogP contribution in [0.2, 0.25) is 0 Å². The molecule has 3 aromatic heterocycles. The number of hydrogen-bond acceptors (Lipinski definition) is 8. The predicted molar refractivity (Wildman–Crippen MR) is 114 cm³/mol. The number of aromatic nitrogens is 5. The molecule has 34 heavy (non-hydrogen) atoms. The number of rotatable bonds is 5. The molecule has 0 bridgehead atoms. The number of alkyl halides is 3. The molecule has 3 atom stereocenters. The molecule has 1 amide bonds. The number of nitrogens with zero attached hydrogens (tertiary/aromatic N) is 6. The van der Waals surface area contributed by atoms with Crippen molar-refractivity contribution in [2.45, 2.75) is 38.3 Å². The average Bonchev–Trinajstić information content (AvgIpc) is 3.39. The molecular formula is C21H22F3N7O3. The summed E-state index contributed by atoms with van der Waals surface area (Å²) in [5, 5.41) is 30.8. The van der Waals surface area contributed by atoms with Gasteiger partial charge >= 0.3 is 6.18 Å². The lowest BCUT2D eigenvalue weighted by molar-refractivity contribution is -0.138. The van der Waals surface area contributed by atoms with E-state index in [0.717, 1.165) is 23.9 Å². The number of anilines is 2. The highest BCUT2D eigenvalue weighted by Gasteiger charge is 2.37. The molecule has 0 saturated carbocycles. The standard InChI is InChI=1S/C21H22F3N7O3/c1-11-5-14(26-19(6-11)27-18-7-13(3-4-25-18)21(22,23)24)15-8-31(29-28-15)16-9-30(10-17(16)33)20(34)12(2)32/h3-8,12,16-17,32-33H,9-10H2,1-2H3,(H,25,26,27). The van der Waals surface area contributed by atoms with Crippen LogP contribution in [0.3, 0.4) is 0 Å². The van der Waals surface area contributed by atoms with Crippen molar-refractivity contribution in [1.29, 1.82) is 0 Å². The van der Waals surface area contributed by atoms with Gasteiger partial charge in [-0.15, -0.1) is 5.10 Å². The third-order valence-corrected chi connectivity index (χ3v) is 5.35. The summed E-state index contributed by atoms with van der Waals surface area (Å²) in [6, 6.07) is 4.60. The van der Waals surface area contributed by atoms with Crippen molar-refractivity contribution in [3.05, 3.63) is 47.8 Å². The molecule has 0 aromatic carbocycles. The smallest absolute Gasteiger partial charge is 0.389 e. The first-order chi connectivity index (χ1) is 16.0. The zero-order valence-electron chi connectivity index (χ0n) is 18.2. The SMILES string of the molecule is Cc1cc(Nc2cc(C(F)(F)F)ccn2)nc(-c2cn(C3CN(C(=O)C(C)O)CC3O)nn2)c1. The van der Waals surface area contributed by atoms with Gasteiger partial charge in [-0.25, -0.2) is 14.6 Å². The molecule has 4 rings (SSSR count). The van der Waals surface area contributed by atoms with Crippen molar-refractivity contribution in [1.82, 2.24) is 29.9 Å². The van der Waals surface area contributed by atoms with Crippen LogP contribution in [0.25, 0.3) is 11.4 Å². The highest BCUT2D eigenvalue weighted by molar-refractivity contribution is 5.80. The Morgan fingerprint density at radius 1 is 1.21 bits per heavy atom. The van der Waals surface area contributed by atoms with Crippen LogP contribution in [-0.4, -0.2) is 71.3 Å². The van der Waals surface area contributed by atoms with E-state index >= 15 is 0 Å². The molecular weight excluding hydrogens is 455 g/mol. The second kappa shape index (κ2) is 8.99. The normalized spacial score (nSPS) is 19.3. The van der Waals surface area contributed by atoms with Crippen molar-refractivity contribution < 1.29 is 28.2 Å². The molecule has 0 aliphatic carbocycles. The molecule has 0 spiro atoms. The molecule has 10 nitrogen and oxygen atoms in total. The van der Waals surface area contributed by atoms with Crippen molar-refractivity contribution in [3.8, 4) is 11.4 Å². The number of aliphatic hydroxyl groups excluding tert-OH is 2. The van der Waals surface area contributed by atoms with Crippen LogP contribution < -0.4 is 5.32 Å². The minimum Gasteiger partial charge on any atom is -0.389 e. The summed E-state index contributed by atoms with van der Waals surface area (Å²) in [4.78, 5) is 21.7. The van der Waals surface area contributed by atoms with E-state index in [1.165, 1.54) is 16.5 Å². The van der Waals surface area contributed by atoms with Crippen LogP contribution in [-0.2, 0) is 11.0 Å². The van der Waals surface area contributed by atoms with Crippen LogP contribution in [0.4, 0.5) is 24.8 Å². The zero-order valence-corrected chi connectivity index (χ0v) is 18.2. The Kier molecular flexibility index (Phi) is 6.23. The molecule has 13 heteroatoms. The molecule has 0 radical (unpaired) electrons. The molecule has 3 unspecified atom stereocenters. The number of aliphatic hydroxyl groups is 2. The second-order valence-electron chi connectivity index (χ2n) is 8.11. The van der Waals surface area contributed by atoms with Crippen LogP contribution in [0, 0.1) is 6.92 Å². The lowest BCUT2D eigenvalue weighted by Gasteiger charge is -2.17. The lowest BCUT2D eigenvalue weighted by Crippen LogP contribution is -2.36. The quantitative estimate of drug-likeness (QED) is 0.509. The van der Waals surface area contributed by atoms with E-state index in [1.54, 1.807) is 25.3 Å². The Balaban J connectivity index is 1.55. The predicted octanol–water partition coefficient (Wildman–Crippen LogP) is 1.93. The Hall–Kier alpha value is -3.58. The van der Waals surface area contributed by atoms with Gasteiger partial charge in [-0.05, 0) is 43.7 Å². The summed E-state index contributed by atoms with van der Waals surface area (Å²) >= 11 is 0. The number of nitrogens with one attached hydrogen (secondary N) is 1. The fraction of sp³-hybridized carbons (Fsp3) is 0.381. The van der Waals surface area contributed by atoms with Crippen molar-refractivity contribution in [2.75, 3.05) is 18.4 Å². The molecule has 3 N–H and O–H groups in total. The summed E-state index contributed by atoms with van der Waals surface area (Å²) in [5.74, 6) is -0.230. The first-order valence-corrected chi connectivity index (χ1v) is 10.4. The maximum Gasteiger partial charge on any atom is 0.416 e. The topological polar surface area (TPSA) is 129 Å². The number of carbonyl (C=O) groups excluding carboxylic acids is 1. The minimum absolute atomic E-state index is 0.0144. The first-order valence-electron chi connectivity index (χ1n) is 10.4. The van der Waals surface area contributed by atoms with E-state index in [-0.39, 0.29) is 24.7 Å². The van der Waals surface area contributed by atoms with E-state index in [9.17, 15) is 28.2 Å². The van der Waals surface area contributed by atoms with Crippen molar-refractivity contribution >= 4 is 17.5 Å². The van der Waals surface area contributed by atoms with Gasteiger partial charge in [0.2, 0.25) is 0 Å².